The molecule has 3 heterocycles. The average Bonchev–Trinajstić information content (AvgIpc) is 3.83. The minimum absolute atomic E-state index is 0.622. The molecule has 5 heteroatoms. The van der Waals surface area contributed by atoms with Crippen LogP contribution in [0.15, 0.2) is 212 Å². The first-order valence-corrected chi connectivity index (χ1v) is 20.3. The number of fused-ring (bicyclic) bond motifs is 7. The standard InChI is InChI=1S/C55H35N5/c1-4-16-36(17-5-1)37-28-30-39(31-29-37)54-56-53(38-18-6-2-7-19-38)57-55(58-54)48-33-42(32-40-20-10-11-23-43(40)48)60-50-27-15-13-25-45(50)47-34-46-44-24-12-14-26-49(44)59(51(46)35-52(47)60)41-21-8-3-9-22-41/h1-35H. The smallest absolute Gasteiger partial charge is 0.164 e. The Hall–Kier alpha value is -8.15. The SMILES string of the molecule is c1ccc(-c2ccc(-c3nc(-c4ccccc4)nc(-c4cc(-n5c6ccccc6c6cc7c8ccccc8n(-c8ccccc8)c7cc65)cc5ccccc45)n3)cc2)cc1. The van der Waals surface area contributed by atoms with Crippen LogP contribution in [-0.2, 0) is 0 Å². The van der Waals surface area contributed by atoms with Gasteiger partial charge in [-0.25, -0.2) is 15.0 Å². The molecule has 0 saturated carbocycles. The molecule has 60 heavy (non-hydrogen) atoms. The summed E-state index contributed by atoms with van der Waals surface area (Å²) in [6, 6.07) is 75.1. The highest BCUT2D eigenvalue weighted by Gasteiger charge is 2.21. The molecule has 3 aromatic heterocycles. The number of hydrogen-bond acceptors (Lipinski definition) is 3. The van der Waals surface area contributed by atoms with Gasteiger partial charge < -0.3 is 9.13 Å². The Bertz CT molecular complexity index is 3570. The lowest BCUT2D eigenvalue weighted by atomic mass is 10.0. The largest absolute Gasteiger partial charge is 0.309 e. The summed E-state index contributed by atoms with van der Waals surface area (Å²) in [5.74, 6) is 1.88. The minimum Gasteiger partial charge on any atom is -0.309 e. The molecule has 5 nitrogen and oxygen atoms in total. The van der Waals surface area contributed by atoms with Gasteiger partial charge in [0, 0.05) is 49.6 Å². The van der Waals surface area contributed by atoms with Gasteiger partial charge in [-0.15, -0.1) is 0 Å². The molecule has 0 radical (unpaired) electrons. The number of nitrogens with zero attached hydrogens (tertiary/aromatic N) is 5. The maximum absolute atomic E-state index is 5.27. The Balaban J connectivity index is 1.11. The minimum atomic E-state index is 0.622. The Morgan fingerprint density at radius 1 is 0.267 bits per heavy atom. The highest BCUT2D eigenvalue weighted by atomic mass is 15.0. The molecule has 280 valence electrons. The van der Waals surface area contributed by atoms with Gasteiger partial charge in [0.05, 0.1) is 22.1 Å². The van der Waals surface area contributed by atoms with Crippen LogP contribution >= 0.6 is 0 Å². The first-order chi connectivity index (χ1) is 29.7. The van der Waals surface area contributed by atoms with Gasteiger partial charge in [0.2, 0.25) is 0 Å². The Morgan fingerprint density at radius 2 is 0.717 bits per heavy atom. The number of rotatable bonds is 6. The second-order valence-electron chi connectivity index (χ2n) is 15.3. The number of hydrogen-bond donors (Lipinski definition) is 0. The van der Waals surface area contributed by atoms with Gasteiger partial charge in [-0.3, -0.25) is 0 Å². The van der Waals surface area contributed by atoms with Crippen molar-refractivity contribution in [2.24, 2.45) is 0 Å². The van der Waals surface area contributed by atoms with Crippen molar-refractivity contribution >= 4 is 54.4 Å². The molecule has 0 aliphatic carbocycles. The molecule has 0 unspecified atom stereocenters. The third-order valence-corrected chi connectivity index (χ3v) is 11.7. The summed E-state index contributed by atoms with van der Waals surface area (Å²) in [5, 5.41) is 7.05. The summed E-state index contributed by atoms with van der Waals surface area (Å²) in [4.78, 5) is 15.6. The molecule has 0 aliphatic rings. The van der Waals surface area contributed by atoms with Crippen molar-refractivity contribution in [3.63, 3.8) is 0 Å². The predicted molar refractivity (Wildman–Crippen MR) is 248 cm³/mol. The van der Waals surface area contributed by atoms with E-state index in [1.165, 1.54) is 32.6 Å². The van der Waals surface area contributed by atoms with Gasteiger partial charge in [-0.1, -0.05) is 164 Å². The Morgan fingerprint density at radius 3 is 1.35 bits per heavy atom. The van der Waals surface area contributed by atoms with Crippen LogP contribution in [0, 0.1) is 0 Å². The lowest BCUT2D eigenvalue weighted by Gasteiger charge is -2.15. The lowest BCUT2D eigenvalue weighted by Crippen LogP contribution is -2.02. The van der Waals surface area contributed by atoms with Crippen LogP contribution in [-0.4, -0.2) is 24.1 Å². The molecule has 12 rings (SSSR count). The van der Waals surface area contributed by atoms with E-state index in [0.29, 0.717) is 17.5 Å². The van der Waals surface area contributed by atoms with Gasteiger partial charge in [0.15, 0.2) is 17.5 Å². The third-order valence-electron chi connectivity index (χ3n) is 11.7. The van der Waals surface area contributed by atoms with E-state index in [1.807, 2.05) is 24.3 Å². The maximum atomic E-state index is 5.27. The second-order valence-corrected chi connectivity index (χ2v) is 15.3. The van der Waals surface area contributed by atoms with Crippen LogP contribution in [0.4, 0.5) is 0 Å². The van der Waals surface area contributed by atoms with Crippen molar-refractivity contribution in [1.82, 2.24) is 24.1 Å². The molecule has 0 atom stereocenters. The van der Waals surface area contributed by atoms with E-state index in [1.54, 1.807) is 0 Å². The van der Waals surface area contributed by atoms with E-state index in [0.717, 1.165) is 61.0 Å². The van der Waals surface area contributed by atoms with Crippen LogP contribution in [0.25, 0.3) is 111 Å². The number of aromatic nitrogens is 5. The molecule has 0 aliphatic heterocycles. The van der Waals surface area contributed by atoms with Crippen LogP contribution in [0.3, 0.4) is 0 Å². The molecule has 0 amide bonds. The van der Waals surface area contributed by atoms with E-state index in [2.05, 4.69) is 197 Å². The zero-order chi connectivity index (χ0) is 39.6. The summed E-state index contributed by atoms with van der Waals surface area (Å²) >= 11 is 0. The summed E-state index contributed by atoms with van der Waals surface area (Å²) < 4.78 is 4.80. The highest BCUT2D eigenvalue weighted by molar-refractivity contribution is 6.19. The monoisotopic (exact) mass is 765 g/mol. The van der Waals surface area contributed by atoms with E-state index < -0.39 is 0 Å². The van der Waals surface area contributed by atoms with Crippen molar-refractivity contribution < 1.29 is 0 Å². The van der Waals surface area contributed by atoms with E-state index >= 15 is 0 Å². The first-order valence-electron chi connectivity index (χ1n) is 20.3. The molecule has 0 saturated heterocycles. The fourth-order valence-electron chi connectivity index (χ4n) is 8.96. The predicted octanol–water partition coefficient (Wildman–Crippen LogP) is 13.9. The van der Waals surface area contributed by atoms with Crippen LogP contribution in [0.5, 0.6) is 0 Å². The fraction of sp³-hybridized carbons (Fsp3) is 0. The van der Waals surface area contributed by atoms with Crippen molar-refractivity contribution in [2.45, 2.75) is 0 Å². The molecular weight excluding hydrogens is 731 g/mol. The fourth-order valence-corrected chi connectivity index (χ4v) is 8.96. The molecule has 0 bridgehead atoms. The zero-order valence-electron chi connectivity index (χ0n) is 32.4. The Kier molecular flexibility index (Phi) is 7.78. The summed E-state index contributed by atoms with van der Waals surface area (Å²) in [6.45, 7) is 0. The topological polar surface area (TPSA) is 48.5 Å². The normalized spacial score (nSPS) is 11.7. The van der Waals surface area contributed by atoms with Crippen molar-refractivity contribution in [3.05, 3.63) is 212 Å². The van der Waals surface area contributed by atoms with Crippen molar-refractivity contribution in [2.75, 3.05) is 0 Å². The highest BCUT2D eigenvalue weighted by Crippen LogP contribution is 2.41. The number of para-hydroxylation sites is 3. The van der Waals surface area contributed by atoms with Gasteiger partial charge in [0.25, 0.3) is 0 Å². The van der Waals surface area contributed by atoms with Crippen LogP contribution < -0.4 is 0 Å². The molecule has 12 aromatic rings. The van der Waals surface area contributed by atoms with Gasteiger partial charge in [-0.2, -0.15) is 0 Å². The van der Waals surface area contributed by atoms with E-state index in [9.17, 15) is 0 Å². The summed E-state index contributed by atoms with van der Waals surface area (Å²) in [5.41, 5.74) is 11.9. The van der Waals surface area contributed by atoms with Crippen molar-refractivity contribution in [1.29, 1.82) is 0 Å². The molecular formula is C55H35N5. The maximum Gasteiger partial charge on any atom is 0.164 e. The molecule has 0 spiro atoms. The van der Waals surface area contributed by atoms with E-state index in [-0.39, 0.29) is 0 Å². The van der Waals surface area contributed by atoms with Gasteiger partial charge >= 0.3 is 0 Å². The molecule has 0 fully saturated rings. The first kappa shape index (κ1) is 33.9. The van der Waals surface area contributed by atoms with Gasteiger partial charge in [0.1, 0.15) is 0 Å². The molecule has 9 aromatic carbocycles. The number of benzene rings is 9. The second kappa shape index (κ2) is 13.8. The third kappa shape index (κ3) is 5.52. The quantitative estimate of drug-likeness (QED) is 0.169. The van der Waals surface area contributed by atoms with E-state index in [4.69, 9.17) is 15.0 Å². The Labute approximate surface area is 346 Å². The average molecular weight is 766 g/mol. The van der Waals surface area contributed by atoms with Crippen LogP contribution in [0.1, 0.15) is 0 Å². The summed E-state index contributed by atoms with van der Waals surface area (Å²) in [7, 11) is 0. The summed E-state index contributed by atoms with van der Waals surface area (Å²) in [6.07, 6.45) is 0. The van der Waals surface area contributed by atoms with Crippen molar-refractivity contribution in [3.8, 4) is 56.7 Å². The lowest BCUT2D eigenvalue weighted by molar-refractivity contribution is 1.07. The van der Waals surface area contributed by atoms with Gasteiger partial charge in [-0.05, 0) is 70.4 Å². The van der Waals surface area contributed by atoms with Crippen LogP contribution in [0.2, 0.25) is 0 Å². The zero-order valence-corrected chi connectivity index (χ0v) is 32.4. The molecule has 0 N–H and O–H groups in total.